The van der Waals surface area contributed by atoms with Gasteiger partial charge in [-0.2, -0.15) is 8.42 Å². The van der Waals surface area contributed by atoms with E-state index in [0.29, 0.717) is 43.7 Å². The lowest BCUT2D eigenvalue weighted by Gasteiger charge is -2.33. The van der Waals surface area contributed by atoms with Crippen LogP contribution in [0.3, 0.4) is 0 Å². The van der Waals surface area contributed by atoms with Crippen molar-refractivity contribution in [2.75, 3.05) is 31.6 Å². The number of hydrogen-bond acceptors (Lipinski definition) is 11. The van der Waals surface area contributed by atoms with Crippen LogP contribution in [-0.2, 0) is 19.5 Å². The van der Waals surface area contributed by atoms with E-state index in [4.69, 9.17) is 25.8 Å². The second kappa shape index (κ2) is 15.5. The van der Waals surface area contributed by atoms with Gasteiger partial charge < -0.3 is 24.4 Å². The van der Waals surface area contributed by atoms with Crippen molar-refractivity contribution >= 4 is 39.4 Å². The van der Waals surface area contributed by atoms with Crippen LogP contribution in [0.4, 0.5) is 10.6 Å². The summed E-state index contributed by atoms with van der Waals surface area (Å²) in [4.78, 5) is 35.7. The molecule has 2 amide bonds. The van der Waals surface area contributed by atoms with Crippen molar-refractivity contribution in [1.82, 2.24) is 29.4 Å². The van der Waals surface area contributed by atoms with E-state index in [1.807, 2.05) is 39.3 Å². The van der Waals surface area contributed by atoms with E-state index in [2.05, 4.69) is 20.4 Å². The zero-order chi connectivity index (χ0) is 36.1. The van der Waals surface area contributed by atoms with Crippen LogP contribution >= 0.6 is 11.6 Å². The van der Waals surface area contributed by atoms with Gasteiger partial charge in [-0.1, -0.05) is 43.4 Å². The van der Waals surface area contributed by atoms with Crippen molar-refractivity contribution in [2.45, 2.75) is 95.4 Å². The van der Waals surface area contributed by atoms with Crippen LogP contribution in [0.25, 0.3) is 5.82 Å². The number of halogens is 1. The van der Waals surface area contributed by atoms with Gasteiger partial charge in [0.15, 0.2) is 10.8 Å². The minimum Gasteiger partial charge on any atom is -0.477 e. The highest BCUT2D eigenvalue weighted by Gasteiger charge is 2.43. The van der Waals surface area contributed by atoms with Crippen LogP contribution < -0.4 is 14.8 Å². The molecule has 1 saturated carbocycles. The summed E-state index contributed by atoms with van der Waals surface area (Å²) >= 11 is 6.32. The monoisotopic (exact) mass is 731 g/mol. The Kier molecular flexibility index (Phi) is 11.6. The number of likely N-dealkylation sites (tertiary alicyclic amines) is 1. The fourth-order valence-electron chi connectivity index (χ4n) is 6.09. The fraction of sp³-hybridized carbons (Fsp3) is 0.559. The first-order chi connectivity index (χ1) is 23.6. The molecule has 5 rings (SSSR count). The normalized spacial score (nSPS) is 17.9. The van der Waals surface area contributed by atoms with E-state index in [1.165, 1.54) is 54.6 Å². The Bertz CT molecular complexity index is 1770. The maximum Gasteiger partial charge on any atom is 0.410 e. The number of pyridine rings is 2. The quantitative estimate of drug-likeness (QED) is 0.166. The number of nitrogens with one attached hydrogen (secondary N) is 2. The van der Waals surface area contributed by atoms with E-state index >= 15 is 0 Å². The van der Waals surface area contributed by atoms with Gasteiger partial charge in [0.2, 0.25) is 5.88 Å². The first kappa shape index (κ1) is 37.3. The number of carbonyl (C=O) groups excluding carboxylic acids is 2. The lowest BCUT2D eigenvalue weighted by molar-refractivity contribution is 0.0105. The number of rotatable bonds is 13. The Labute approximate surface area is 298 Å². The molecule has 0 bridgehead atoms. The standard InChI is InChI=1S/C34H46ClN7O7S/c1-33(2,3)49-32(44)41-22-24(21-34(41,4)5)47-20-17-36-26-11-8-12-29(37-26)50(45,46)40-31(43)25-13-14-27(38-30(25)35)42-18-15-28(39-42)48-19-16-23-9-6-7-10-23/h8,11-15,18,23-24H,6-7,9-10,16-17,19-22H2,1-5H3,(H,36,37)(H,40,43). The van der Waals surface area contributed by atoms with E-state index in [-0.39, 0.29) is 40.4 Å². The van der Waals surface area contributed by atoms with E-state index in [1.54, 1.807) is 23.2 Å². The Morgan fingerprint density at radius 2 is 1.82 bits per heavy atom. The summed E-state index contributed by atoms with van der Waals surface area (Å²) in [5, 5.41) is 6.86. The lowest BCUT2D eigenvalue weighted by atomic mass is 10.0. The van der Waals surface area contributed by atoms with Gasteiger partial charge in [-0.15, -0.1) is 5.10 Å². The minimum absolute atomic E-state index is 0.133. The molecule has 3 aromatic heterocycles. The Hall–Kier alpha value is -3.95. The highest BCUT2D eigenvalue weighted by atomic mass is 35.5. The van der Waals surface area contributed by atoms with Gasteiger partial charge in [-0.3, -0.25) is 4.79 Å². The summed E-state index contributed by atoms with van der Waals surface area (Å²) in [6.07, 6.45) is 7.79. The predicted octanol–water partition coefficient (Wildman–Crippen LogP) is 5.61. The molecular formula is C34H46ClN7O7S. The lowest BCUT2D eigenvalue weighted by Crippen LogP contribution is -2.45. The van der Waals surface area contributed by atoms with Crippen LogP contribution in [0.2, 0.25) is 5.15 Å². The first-order valence-electron chi connectivity index (χ1n) is 16.9. The van der Waals surface area contributed by atoms with Gasteiger partial charge in [-0.25, -0.2) is 24.2 Å². The van der Waals surface area contributed by atoms with Crippen molar-refractivity contribution < 1.29 is 32.2 Å². The van der Waals surface area contributed by atoms with Crippen LogP contribution in [0.5, 0.6) is 5.88 Å². The smallest absolute Gasteiger partial charge is 0.410 e. The van der Waals surface area contributed by atoms with E-state index in [0.717, 1.165) is 6.42 Å². The molecule has 3 aromatic rings. The molecule has 272 valence electrons. The molecule has 1 aliphatic heterocycles. The third-order valence-corrected chi connectivity index (χ3v) is 10.1. The zero-order valence-corrected chi connectivity index (χ0v) is 30.7. The summed E-state index contributed by atoms with van der Waals surface area (Å²) in [5.41, 5.74) is -1.16. The first-order valence-corrected chi connectivity index (χ1v) is 18.7. The van der Waals surface area contributed by atoms with Crippen molar-refractivity contribution in [2.24, 2.45) is 5.92 Å². The van der Waals surface area contributed by atoms with Crippen molar-refractivity contribution in [3.8, 4) is 11.7 Å². The number of sulfonamides is 1. The fourth-order valence-corrected chi connectivity index (χ4v) is 7.26. The molecule has 0 radical (unpaired) electrons. The summed E-state index contributed by atoms with van der Waals surface area (Å²) < 4.78 is 47.0. The molecule has 4 heterocycles. The van der Waals surface area contributed by atoms with E-state index < -0.39 is 27.1 Å². The molecule has 1 unspecified atom stereocenters. The Morgan fingerprint density at radius 3 is 2.54 bits per heavy atom. The molecule has 0 spiro atoms. The molecule has 1 atom stereocenters. The van der Waals surface area contributed by atoms with Crippen LogP contribution in [-0.4, -0.2) is 88.6 Å². The highest BCUT2D eigenvalue weighted by molar-refractivity contribution is 7.90. The van der Waals surface area contributed by atoms with Gasteiger partial charge in [0, 0.05) is 24.3 Å². The van der Waals surface area contributed by atoms with Gasteiger partial charge in [0.1, 0.15) is 16.6 Å². The van der Waals surface area contributed by atoms with Gasteiger partial charge in [0.25, 0.3) is 15.9 Å². The average Bonchev–Trinajstić information content (AvgIpc) is 3.79. The number of nitrogens with zero attached hydrogens (tertiary/aromatic N) is 5. The van der Waals surface area contributed by atoms with Crippen LogP contribution in [0, 0.1) is 5.92 Å². The molecule has 50 heavy (non-hydrogen) atoms. The number of anilines is 1. The number of amides is 2. The second-order valence-electron chi connectivity index (χ2n) is 14.2. The van der Waals surface area contributed by atoms with Crippen molar-refractivity contribution in [1.29, 1.82) is 0 Å². The number of carbonyl (C=O) groups is 2. The second-order valence-corrected chi connectivity index (χ2v) is 16.2. The predicted molar refractivity (Wildman–Crippen MR) is 187 cm³/mol. The molecule has 14 nitrogen and oxygen atoms in total. The summed E-state index contributed by atoms with van der Waals surface area (Å²) in [7, 11) is -4.36. The molecular weight excluding hydrogens is 686 g/mol. The minimum atomic E-state index is -4.36. The third kappa shape index (κ3) is 9.85. The van der Waals surface area contributed by atoms with Gasteiger partial charge in [0.05, 0.1) is 31.4 Å². The zero-order valence-electron chi connectivity index (χ0n) is 29.1. The summed E-state index contributed by atoms with van der Waals surface area (Å²) in [6.45, 7) is 11.0. The molecule has 1 aliphatic carbocycles. The van der Waals surface area contributed by atoms with Crippen LogP contribution in [0.1, 0.15) is 83.5 Å². The van der Waals surface area contributed by atoms with Gasteiger partial charge in [-0.05, 0) is 77.6 Å². The SMILES string of the molecule is CC(C)(C)OC(=O)N1CC(OCCNc2cccc(S(=O)(=O)NC(=O)c3ccc(-n4ccc(OCCC5CCCC5)n4)nc3Cl)n2)CC1(C)C. The van der Waals surface area contributed by atoms with Crippen LogP contribution in [0.15, 0.2) is 47.6 Å². The molecule has 16 heteroatoms. The Morgan fingerprint density at radius 1 is 1.06 bits per heavy atom. The largest absolute Gasteiger partial charge is 0.477 e. The molecule has 0 aromatic carbocycles. The maximum absolute atomic E-state index is 13.1. The molecule has 2 fully saturated rings. The topological polar surface area (TPSA) is 167 Å². The number of aromatic nitrogens is 4. The number of hydrogen-bond donors (Lipinski definition) is 2. The Balaban J connectivity index is 1.11. The molecule has 2 aliphatic rings. The summed E-state index contributed by atoms with van der Waals surface area (Å²) in [5.74, 6) is 0.811. The average molecular weight is 732 g/mol. The third-order valence-electron chi connectivity index (χ3n) is 8.57. The molecule has 1 saturated heterocycles. The van der Waals surface area contributed by atoms with E-state index in [9.17, 15) is 18.0 Å². The van der Waals surface area contributed by atoms with Gasteiger partial charge >= 0.3 is 6.09 Å². The van der Waals surface area contributed by atoms with Crippen molar-refractivity contribution in [3.05, 3.63) is 53.3 Å². The highest BCUT2D eigenvalue weighted by Crippen LogP contribution is 2.32. The number of ether oxygens (including phenoxy) is 3. The van der Waals surface area contributed by atoms with Crippen molar-refractivity contribution in [3.63, 3.8) is 0 Å². The summed E-state index contributed by atoms with van der Waals surface area (Å²) in [6, 6.07) is 8.99. The maximum atomic E-state index is 13.1. The molecule has 2 N–H and O–H groups in total.